The van der Waals surface area contributed by atoms with Crippen LogP contribution in [-0.4, -0.2) is 36.4 Å². The summed E-state index contributed by atoms with van der Waals surface area (Å²) in [6.07, 6.45) is 0.949. The highest BCUT2D eigenvalue weighted by Crippen LogP contribution is 2.14. The van der Waals surface area contributed by atoms with Gasteiger partial charge >= 0.3 is 7.12 Å². The minimum atomic E-state index is -1.58. The summed E-state index contributed by atoms with van der Waals surface area (Å²) in [4.78, 5) is 3.78. The molecule has 0 spiro atoms. The van der Waals surface area contributed by atoms with E-state index in [-0.39, 0.29) is 5.59 Å². The molecule has 0 fully saturated rings. The second-order valence-corrected chi connectivity index (χ2v) is 2.69. The minimum Gasteiger partial charge on any atom is -0.422 e. The third-order valence-corrected chi connectivity index (χ3v) is 1.77. The topological polar surface area (TPSA) is 71.8 Å². The lowest BCUT2D eigenvalue weighted by molar-refractivity contribution is -0.106. The average Bonchev–Trinajstić information content (AvgIpc) is 2.20. The zero-order chi connectivity index (χ0) is 10.6. The lowest BCUT2D eigenvalue weighted by Crippen LogP contribution is -2.33. The van der Waals surface area contributed by atoms with E-state index in [1.54, 1.807) is 6.07 Å². The highest BCUT2D eigenvalue weighted by molar-refractivity contribution is 6.57. The Kier molecular flexibility index (Phi) is 4.03. The number of pyridine rings is 1. The molecule has 0 aliphatic carbocycles. The molecule has 0 aliphatic rings. The van der Waals surface area contributed by atoms with E-state index in [1.165, 1.54) is 26.5 Å². The van der Waals surface area contributed by atoms with Gasteiger partial charge in [0.25, 0.3) is 0 Å². The van der Waals surface area contributed by atoms with Gasteiger partial charge in [0, 0.05) is 26.0 Å². The van der Waals surface area contributed by atoms with Crippen LogP contribution in [0, 0.1) is 0 Å². The number of hydrogen-bond donors (Lipinski definition) is 2. The van der Waals surface area contributed by atoms with Gasteiger partial charge in [-0.25, -0.2) is 0 Å². The second-order valence-electron chi connectivity index (χ2n) is 2.69. The Morgan fingerprint density at radius 3 is 2.50 bits per heavy atom. The summed E-state index contributed by atoms with van der Waals surface area (Å²) in [5, 5.41) is 17.8. The Morgan fingerprint density at radius 1 is 1.36 bits per heavy atom. The number of ether oxygens (including phenoxy) is 2. The third kappa shape index (κ3) is 2.52. The van der Waals surface area contributed by atoms with Gasteiger partial charge in [-0.1, -0.05) is 0 Å². The van der Waals surface area contributed by atoms with Gasteiger partial charge in [-0.15, -0.1) is 0 Å². The molecule has 5 nitrogen and oxygen atoms in total. The van der Waals surface area contributed by atoms with Crippen LogP contribution in [0.4, 0.5) is 0 Å². The Hall–Kier alpha value is -0.945. The molecule has 0 saturated heterocycles. The van der Waals surface area contributed by atoms with Crippen LogP contribution in [0.5, 0.6) is 0 Å². The molecule has 0 radical (unpaired) electrons. The first-order valence-corrected chi connectivity index (χ1v) is 4.06. The van der Waals surface area contributed by atoms with Crippen molar-refractivity contribution in [3.63, 3.8) is 0 Å². The maximum atomic E-state index is 8.89. The quantitative estimate of drug-likeness (QED) is 0.481. The zero-order valence-corrected chi connectivity index (χ0v) is 8.04. The molecular formula is C8H12BNO4. The summed E-state index contributed by atoms with van der Waals surface area (Å²) >= 11 is 0. The first kappa shape index (κ1) is 11.1. The smallest absolute Gasteiger partial charge is 0.422 e. The first-order chi connectivity index (χ1) is 6.69. The van der Waals surface area contributed by atoms with Gasteiger partial charge in [0.15, 0.2) is 6.29 Å². The van der Waals surface area contributed by atoms with E-state index in [0.29, 0.717) is 5.56 Å². The van der Waals surface area contributed by atoms with Gasteiger partial charge in [-0.2, -0.15) is 0 Å². The van der Waals surface area contributed by atoms with E-state index < -0.39 is 13.4 Å². The van der Waals surface area contributed by atoms with Gasteiger partial charge in [-0.3, -0.25) is 4.98 Å². The van der Waals surface area contributed by atoms with Crippen molar-refractivity contribution >= 4 is 12.7 Å². The van der Waals surface area contributed by atoms with E-state index in [1.807, 2.05) is 0 Å². The summed E-state index contributed by atoms with van der Waals surface area (Å²) in [7, 11) is 1.43. The minimum absolute atomic E-state index is 0.168. The molecule has 0 saturated carbocycles. The summed E-state index contributed by atoms with van der Waals surface area (Å²) in [6, 6.07) is 3.20. The Bertz CT molecular complexity index is 290. The fourth-order valence-electron chi connectivity index (χ4n) is 1.12. The predicted molar refractivity (Wildman–Crippen MR) is 50.8 cm³/mol. The van der Waals surface area contributed by atoms with Gasteiger partial charge in [-0.05, 0) is 12.1 Å². The number of aromatic nitrogens is 1. The van der Waals surface area contributed by atoms with Gasteiger partial charge < -0.3 is 19.5 Å². The molecule has 14 heavy (non-hydrogen) atoms. The standard InChI is InChI=1S/C8H12BNO4/c1-13-8(14-2)6-3-4-10-7(5-6)9(11)12/h3-5,8,11-12H,1-2H3. The first-order valence-electron chi connectivity index (χ1n) is 4.06. The molecule has 0 aromatic carbocycles. The lowest BCUT2D eigenvalue weighted by atomic mass is 9.85. The maximum absolute atomic E-state index is 8.89. The van der Waals surface area contributed by atoms with Gasteiger partial charge in [0.2, 0.25) is 0 Å². The largest absolute Gasteiger partial charge is 0.508 e. The molecular weight excluding hydrogens is 185 g/mol. The van der Waals surface area contributed by atoms with Crippen LogP contribution in [-0.2, 0) is 9.47 Å². The van der Waals surface area contributed by atoms with Crippen molar-refractivity contribution in [2.75, 3.05) is 14.2 Å². The lowest BCUT2D eigenvalue weighted by Gasteiger charge is -2.13. The predicted octanol–water partition coefficient (Wildman–Crippen LogP) is -0.947. The fourth-order valence-corrected chi connectivity index (χ4v) is 1.12. The molecule has 76 valence electrons. The Balaban J connectivity index is 2.92. The summed E-state index contributed by atoms with van der Waals surface area (Å²) < 4.78 is 10.0. The van der Waals surface area contributed by atoms with E-state index in [2.05, 4.69) is 4.98 Å². The molecule has 2 N–H and O–H groups in total. The van der Waals surface area contributed by atoms with E-state index >= 15 is 0 Å². The fraction of sp³-hybridized carbons (Fsp3) is 0.375. The van der Waals surface area contributed by atoms with Gasteiger partial charge in [0.05, 0.1) is 5.59 Å². The van der Waals surface area contributed by atoms with Crippen molar-refractivity contribution in [3.8, 4) is 0 Å². The molecule has 0 amide bonds. The molecule has 6 heteroatoms. The van der Waals surface area contributed by atoms with E-state index in [0.717, 1.165) is 0 Å². The molecule has 0 aliphatic heterocycles. The third-order valence-electron chi connectivity index (χ3n) is 1.77. The summed E-state index contributed by atoms with van der Waals surface area (Å²) in [5.74, 6) is 0. The molecule has 1 aromatic rings. The van der Waals surface area contributed by atoms with Crippen LogP contribution < -0.4 is 5.59 Å². The van der Waals surface area contributed by atoms with Crippen molar-refractivity contribution in [1.82, 2.24) is 4.98 Å². The number of methoxy groups -OCH3 is 2. The molecule has 1 rings (SSSR count). The summed E-state index contributed by atoms with van der Waals surface area (Å²) in [6.45, 7) is 0. The van der Waals surface area contributed by atoms with Crippen molar-refractivity contribution in [2.45, 2.75) is 6.29 Å². The monoisotopic (exact) mass is 197 g/mol. The van der Waals surface area contributed by atoms with Crippen LogP contribution in [0.15, 0.2) is 18.3 Å². The van der Waals surface area contributed by atoms with Crippen LogP contribution in [0.1, 0.15) is 11.9 Å². The SMILES string of the molecule is COC(OC)c1ccnc(B(O)O)c1. The van der Waals surface area contributed by atoms with Crippen molar-refractivity contribution in [3.05, 3.63) is 23.9 Å². The van der Waals surface area contributed by atoms with Crippen LogP contribution in [0.2, 0.25) is 0 Å². The zero-order valence-electron chi connectivity index (χ0n) is 8.04. The highest BCUT2D eigenvalue weighted by Gasteiger charge is 2.16. The maximum Gasteiger partial charge on any atom is 0.508 e. The molecule has 0 unspecified atom stereocenters. The van der Waals surface area contributed by atoms with Crippen LogP contribution in [0.25, 0.3) is 0 Å². The van der Waals surface area contributed by atoms with Crippen molar-refractivity contribution in [1.29, 1.82) is 0 Å². The van der Waals surface area contributed by atoms with Crippen LogP contribution in [0.3, 0.4) is 0 Å². The average molecular weight is 197 g/mol. The molecule has 1 heterocycles. The number of nitrogens with zero attached hydrogens (tertiary/aromatic N) is 1. The number of hydrogen-bond acceptors (Lipinski definition) is 5. The van der Waals surface area contributed by atoms with Crippen molar-refractivity contribution < 1.29 is 19.5 Å². The van der Waals surface area contributed by atoms with Gasteiger partial charge in [0.1, 0.15) is 0 Å². The Morgan fingerprint density at radius 2 is 2.00 bits per heavy atom. The molecule has 1 aromatic heterocycles. The second kappa shape index (κ2) is 5.06. The molecule has 0 atom stereocenters. The number of rotatable bonds is 4. The van der Waals surface area contributed by atoms with E-state index in [9.17, 15) is 0 Å². The highest BCUT2D eigenvalue weighted by atomic mass is 16.7. The summed E-state index contributed by atoms with van der Waals surface area (Å²) in [5.41, 5.74) is 0.856. The normalized spacial score (nSPS) is 10.6. The van der Waals surface area contributed by atoms with Crippen LogP contribution >= 0.6 is 0 Å². The molecule has 0 bridgehead atoms. The van der Waals surface area contributed by atoms with Crippen molar-refractivity contribution in [2.24, 2.45) is 0 Å². The Labute approximate surface area is 82.5 Å². The van der Waals surface area contributed by atoms with E-state index in [4.69, 9.17) is 19.5 Å².